The van der Waals surface area contributed by atoms with E-state index < -0.39 is 0 Å². The molecule has 0 aliphatic rings. The van der Waals surface area contributed by atoms with Gasteiger partial charge in [-0.3, -0.25) is 0 Å². The van der Waals surface area contributed by atoms with E-state index in [1.807, 2.05) is 24.3 Å². The number of para-hydroxylation sites is 2. The standard InChI is InChI=1S/C9H12N4.2ClH/c10-5-6-11-9-12-7-3-1-2-4-8(7)13-9;;/h1-4H,5-6,10H2,(H2,11,12,13);2*1H. The second-order valence-corrected chi connectivity index (χ2v) is 2.82. The molecule has 2 aromatic rings. The van der Waals surface area contributed by atoms with Gasteiger partial charge in [0.15, 0.2) is 0 Å². The van der Waals surface area contributed by atoms with Crippen molar-refractivity contribution in [1.29, 1.82) is 0 Å². The molecule has 6 heteroatoms. The fourth-order valence-electron chi connectivity index (χ4n) is 1.23. The van der Waals surface area contributed by atoms with Crippen LogP contribution in [0.4, 0.5) is 5.95 Å². The average Bonchev–Trinajstić information content (AvgIpc) is 2.57. The highest BCUT2D eigenvalue weighted by Gasteiger charge is 1.98. The Labute approximate surface area is 100 Å². The zero-order valence-corrected chi connectivity index (χ0v) is 9.70. The van der Waals surface area contributed by atoms with Crippen LogP contribution in [0.15, 0.2) is 24.3 Å². The zero-order chi connectivity index (χ0) is 9.10. The van der Waals surface area contributed by atoms with Crippen LogP contribution in [0.5, 0.6) is 0 Å². The zero-order valence-electron chi connectivity index (χ0n) is 8.06. The molecule has 0 fully saturated rings. The minimum absolute atomic E-state index is 0. The van der Waals surface area contributed by atoms with Crippen LogP contribution < -0.4 is 11.1 Å². The van der Waals surface area contributed by atoms with E-state index >= 15 is 0 Å². The molecule has 0 spiro atoms. The molecular formula is C9H14Cl2N4. The fourth-order valence-corrected chi connectivity index (χ4v) is 1.23. The Bertz CT molecular complexity index is 369. The van der Waals surface area contributed by atoms with Crippen molar-refractivity contribution in [3.05, 3.63) is 24.3 Å². The number of nitrogens with two attached hydrogens (primary N) is 1. The number of aromatic nitrogens is 2. The smallest absolute Gasteiger partial charge is 0.201 e. The van der Waals surface area contributed by atoms with Gasteiger partial charge < -0.3 is 16.0 Å². The van der Waals surface area contributed by atoms with Gasteiger partial charge in [-0.15, -0.1) is 24.8 Å². The monoisotopic (exact) mass is 248 g/mol. The first-order valence-corrected chi connectivity index (χ1v) is 4.29. The number of nitrogens with one attached hydrogen (secondary N) is 2. The lowest BCUT2D eigenvalue weighted by Crippen LogP contribution is -2.13. The number of halogens is 2. The van der Waals surface area contributed by atoms with Gasteiger partial charge in [0.05, 0.1) is 11.0 Å². The highest BCUT2D eigenvalue weighted by Crippen LogP contribution is 2.12. The summed E-state index contributed by atoms with van der Waals surface area (Å²) in [6.07, 6.45) is 0. The van der Waals surface area contributed by atoms with Crippen LogP contribution in [0.25, 0.3) is 11.0 Å². The summed E-state index contributed by atoms with van der Waals surface area (Å²) >= 11 is 0. The van der Waals surface area contributed by atoms with E-state index in [0.717, 1.165) is 23.5 Å². The van der Waals surface area contributed by atoms with Gasteiger partial charge in [0.2, 0.25) is 5.95 Å². The number of imidazole rings is 1. The summed E-state index contributed by atoms with van der Waals surface area (Å²) in [5, 5.41) is 3.09. The maximum absolute atomic E-state index is 5.37. The lowest BCUT2D eigenvalue weighted by molar-refractivity contribution is 1.00. The van der Waals surface area contributed by atoms with Crippen LogP contribution >= 0.6 is 24.8 Å². The number of H-pyrrole nitrogens is 1. The number of fused-ring (bicyclic) bond motifs is 1. The second-order valence-electron chi connectivity index (χ2n) is 2.82. The normalized spacial score (nSPS) is 9.13. The van der Waals surface area contributed by atoms with Crippen molar-refractivity contribution in [3.8, 4) is 0 Å². The molecule has 1 heterocycles. The minimum Gasteiger partial charge on any atom is -0.355 e. The van der Waals surface area contributed by atoms with Gasteiger partial charge >= 0.3 is 0 Å². The maximum Gasteiger partial charge on any atom is 0.201 e. The summed E-state index contributed by atoms with van der Waals surface area (Å²) in [5.41, 5.74) is 7.38. The summed E-state index contributed by atoms with van der Waals surface area (Å²) in [6.45, 7) is 1.34. The van der Waals surface area contributed by atoms with Gasteiger partial charge in [-0.05, 0) is 12.1 Å². The van der Waals surface area contributed by atoms with Crippen molar-refractivity contribution in [2.24, 2.45) is 5.73 Å². The highest BCUT2D eigenvalue weighted by molar-refractivity contribution is 5.85. The first kappa shape index (κ1) is 14.0. The van der Waals surface area contributed by atoms with Crippen molar-refractivity contribution < 1.29 is 0 Å². The summed E-state index contributed by atoms with van der Waals surface area (Å²) in [4.78, 5) is 7.48. The molecular weight excluding hydrogens is 235 g/mol. The number of hydrogen-bond donors (Lipinski definition) is 3. The molecule has 0 radical (unpaired) electrons. The molecule has 0 saturated heterocycles. The van der Waals surface area contributed by atoms with Crippen molar-refractivity contribution in [2.75, 3.05) is 18.4 Å². The van der Waals surface area contributed by atoms with Crippen LogP contribution in [-0.4, -0.2) is 23.1 Å². The van der Waals surface area contributed by atoms with Crippen molar-refractivity contribution in [1.82, 2.24) is 9.97 Å². The molecule has 0 unspecified atom stereocenters. The molecule has 84 valence electrons. The van der Waals surface area contributed by atoms with E-state index in [9.17, 15) is 0 Å². The lowest BCUT2D eigenvalue weighted by Gasteiger charge is -1.96. The molecule has 4 nitrogen and oxygen atoms in total. The second kappa shape index (κ2) is 6.50. The Balaban J connectivity index is 0.000000980. The maximum atomic E-state index is 5.37. The minimum atomic E-state index is 0. The molecule has 0 aliphatic carbocycles. The van der Waals surface area contributed by atoms with Gasteiger partial charge in [0.1, 0.15) is 0 Å². The van der Waals surface area contributed by atoms with Crippen LogP contribution in [-0.2, 0) is 0 Å². The number of aromatic amines is 1. The van der Waals surface area contributed by atoms with Crippen molar-refractivity contribution in [3.63, 3.8) is 0 Å². The Morgan fingerprint density at radius 2 is 2.00 bits per heavy atom. The first-order valence-electron chi connectivity index (χ1n) is 4.29. The molecule has 0 saturated carbocycles. The highest BCUT2D eigenvalue weighted by atomic mass is 35.5. The molecule has 0 atom stereocenters. The van der Waals surface area contributed by atoms with E-state index in [0.29, 0.717) is 6.54 Å². The van der Waals surface area contributed by atoms with Gasteiger partial charge in [0.25, 0.3) is 0 Å². The third-order valence-corrected chi connectivity index (χ3v) is 1.83. The third kappa shape index (κ3) is 3.27. The van der Waals surface area contributed by atoms with E-state index in [-0.39, 0.29) is 24.8 Å². The van der Waals surface area contributed by atoms with E-state index in [4.69, 9.17) is 5.73 Å². The summed E-state index contributed by atoms with van der Waals surface area (Å²) in [7, 11) is 0. The topological polar surface area (TPSA) is 66.7 Å². The predicted octanol–water partition coefficient (Wildman–Crippen LogP) is 1.78. The van der Waals surface area contributed by atoms with Gasteiger partial charge in [0, 0.05) is 13.1 Å². The summed E-state index contributed by atoms with van der Waals surface area (Å²) in [5.74, 6) is 0.784. The average molecular weight is 249 g/mol. The van der Waals surface area contributed by atoms with Gasteiger partial charge in [-0.2, -0.15) is 0 Å². The van der Waals surface area contributed by atoms with Gasteiger partial charge in [-0.1, -0.05) is 12.1 Å². The molecule has 4 N–H and O–H groups in total. The lowest BCUT2D eigenvalue weighted by atomic mass is 10.3. The first-order chi connectivity index (χ1) is 6.40. The van der Waals surface area contributed by atoms with E-state index in [2.05, 4.69) is 15.3 Å². The predicted molar refractivity (Wildman–Crippen MR) is 68.1 cm³/mol. The number of benzene rings is 1. The van der Waals surface area contributed by atoms with E-state index in [1.165, 1.54) is 0 Å². The van der Waals surface area contributed by atoms with Crippen molar-refractivity contribution >= 4 is 41.8 Å². The Morgan fingerprint density at radius 3 is 2.67 bits per heavy atom. The largest absolute Gasteiger partial charge is 0.355 e. The van der Waals surface area contributed by atoms with Crippen LogP contribution in [0.1, 0.15) is 0 Å². The quantitative estimate of drug-likeness (QED) is 0.776. The number of anilines is 1. The Morgan fingerprint density at radius 1 is 1.27 bits per heavy atom. The van der Waals surface area contributed by atoms with E-state index in [1.54, 1.807) is 0 Å². The molecule has 0 bridgehead atoms. The molecule has 1 aromatic heterocycles. The third-order valence-electron chi connectivity index (χ3n) is 1.83. The molecule has 1 aromatic carbocycles. The van der Waals surface area contributed by atoms with Crippen molar-refractivity contribution in [2.45, 2.75) is 0 Å². The summed E-state index contributed by atoms with van der Waals surface area (Å²) < 4.78 is 0. The molecule has 15 heavy (non-hydrogen) atoms. The number of hydrogen-bond acceptors (Lipinski definition) is 3. The number of nitrogens with zero attached hydrogens (tertiary/aromatic N) is 1. The molecule has 0 amide bonds. The SMILES string of the molecule is Cl.Cl.NCCNc1nc2ccccc2[nH]1. The van der Waals surface area contributed by atoms with Crippen LogP contribution in [0, 0.1) is 0 Å². The molecule has 0 aliphatic heterocycles. The Kier molecular flexibility index (Phi) is 6.08. The van der Waals surface area contributed by atoms with Crippen LogP contribution in [0.2, 0.25) is 0 Å². The Hall–Kier alpha value is -0.970. The fraction of sp³-hybridized carbons (Fsp3) is 0.222. The number of rotatable bonds is 3. The van der Waals surface area contributed by atoms with Crippen LogP contribution in [0.3, 0.4) is 0 Å². The molecule has 2 rings (SSSR count). The summed E-state index contributed by atoms with van der Waals surface area (Å²) in [6, 6.07) is 7.92. The van der Waals surface area contributed by atoms with Gasteiger partial charge in [-0.25, -0.2) is 4.98 Å².